The average Bonchev–Trinajstić information content (AvgIpc) is 2.78. The molecule has 2 rings (SSSR count). The third kappa shape index (κ3) is 3.15. The lowest BCUT2D eigenvalue weighted by molar-refractivity contribution is 0.220. The highest BCUT2D eigenvalue weighted by molar-refractivity contribution is 6.30. The van der Waals surface area contributed by atoms with Gasteiger partial charge in [0.05, 0.1) is 0 Å². The fraction of sp³-hybridized carbons (Fsp3) is 0.462. The maximum atomic E-state index is 12.0. The van der Waals surface area contributed by atoms with Gasteiger partial charge in [-0.1, -0.05) is 17.7 Å². The first-order chi connectivity index (χ1) is 8.56. The molecule has 1 heterocycles. The Morgan fingerprint density at radius 3 is 3.00 bits per heavy atom. The lowest BCUT2D eigenvalue weighted by atomic mass is 10.0. The maximum absolute atomic E-state index is 12.0. The number of nitrogens with two attached hydrogens (primary N) is 1. The molecule has 18 heavy (non-hydrogen) atoms. The van der Waals surface area contributed by atoms with Gasteiger partial charge in [0, 0.05) is 29.8 Å². The lowest BCUT2D eigenvalue weighted by Gasteiger charge is -2.18. The van der Waals surface area contributed by atoms with Crippen LogP contribution in [0.5, 0.6) is 0 Å². The van der Waals surface area contributed by atoms with E-state index in [2.05, 4.69) is 5.32 Å². The Bertz CT molecular complexity index is 436. The number of anilines is 1. The van der Waals surface area contributed by atoms with Gasteiger partial charge in [-0.2, -0.15) is 0 Å². The van der Waals surface area contributed by atoms with Gasteiger partial charge in [0.1, 0.15) is 0 Å². The molecule has 1 saturated heterocycles. The van der Waals surface area contributed by atoms with Crippen molar-refractivity contribution < 1.29 is 4.79 Å². The molecule has 2 unspecified atom stereocenters. The van der Waals surface area contributed by atoms with Crippen molar-refractivity contribution in [3.63, 3.8) is 0 Å². The van der Waals surface area contributed by atoms with E-state index in [1.807, 2.05) is 19.1 Å². The summed E-state index contributed by atoms with van der Waals surface area (Å²) in [6, 6.07) is 7.20. The molecule has 1 aromatic carbocycles. The summed E-state index contributed by atoms with van der Waals surface area (Å²) >= 11 is 5.87. The van der Waals surface area contributed by atoms with Gasteiger partial charge in [-0.25, -0.2) is 4.79 Å². The molecule has 3 N–H and O–H groups in total. The largest absolute Gasteiger partial charge is 0.328 e. The normalized spacial score (nSPS) is 20.8. The number of benzene rings is 1. The highest BCUT2D eigenvalue weighted by atomic mass is 35.5. The highest BCUT2D eigenvalue weighted by Crippen LogP contribution is 2.20. The Morgan fingerprint density at radius 2 is 2.39 bits per heavy atom. The van der Waals surface area contributed by atoms with E-state index in [0.29, 0.717) is 10.9 Å². The standard InChI is InChI=1S/C13H18ClN3O/c1-9(15)10-5-6-17(8-10)13(18)16-12-4-2-3-11(14)7-12/h2-4,7,9-10H,5-6,8,15H2,1H3,(H,16,18). The minimum Gasteiger partial charge on any atom is -0.328 e. The van der Waals surface area contributed by atoms with Crippen molar-refractivity contribution >= 4 is 23.3 Å². The van der Waals surface area contributed by atoms with E-state index < -0.39 is 0 Å². The van der Waals surface area contributed by atoms with E-state index in [9.17, 15) is 4.79 Å². The van der Waals surface area contributed by atoms with Crippen molar-refractivity contribution in [3.05, 3.63) is 29.3 Å². The number of urea groups is 1. The van der Waals surface area contributed by atoms with Crippen molar-refractivity contribution in [2.45, 2.75) is 19.4 Å². The molecule has 0 radical (unpaired) electrons. The molecule has 0 aromatic heterocycles. The number of hydrogen-bond acceptors (Lipinski definition) is 2. The van der Waals surface area contributed by atoms with E-state index in [0.717, 1.165) is 25.2 Å². The highest BCUT2D eigenvalue weighted by Gasteiger charge is 2.28. The number of likely N-dealkylation sites (tertiary alicyclic amines) is 1. The van der Waals surface area contributed by atoms with Crippen LogP contribution in [0, 0.1) is 5.92 Å². The second-order valence-corrected chi connectivity index (χ2v) is 5.23. The van der Waals surface area contributed by atoms with Crippen molar-refractivity contribution in [2.75, 3.05) is 18.4 Å². The summed E-state index contributed by atoms with van der Waals surface area (Å²) in [4.78, 5) is 13.8. The molecule has 1 aromatic rings. The Hall–Kier alpha value is -1.26. The summed E-state index contributed by atoms with van der Waals surface area (Å²) in [5.74, 6) is 0.398. The molecule has 1 aliphatic heterocycles. The summed E-state index contributed by atoms with van der Waals surface area (Å²) in [5, 5.41) is 3.46. The summed E-state index contributed by atoms with van der Waals surface area (Å²) in [6.07, 6.45) is 0.973. The van der Waals surface area contributed by atoms with Gasteiger partial charge in [-0.05, 0) is 37.5 Å². The molecule has 1 aliphatic rings. The van der Waals surface area contributed by atoms with Crippen molar-refractivity contribution in [1.82, 2.24) is 4.90 Å². The van der Waals surface area contributed by atoms with Crippen molar-refractivity contribution in [3.8, 4) is 0 Å². The Balaban J connectivity index is 1.93. The Morgan fingerprint density at radius 1 is 1.61 bits per heavy atom. The van der Waals surface area contributed by atoms with Crippen LogP contribution in [0.25, 0.3) is 0 Å². The molecule has 2 atom stereocenters. The molecule has 4 nitrogen and oxygen atoms in total. The minimum absolute atomic E-state index is 0.0829. The zero-order valence-electron chi connectivity index (χ0n) is 10.4. The fourth-order valence-electron chi connectivity index (χ4n) is 2.17. The quantitative estimate of drug-likeness (QED) is 0.865. The molecule has 2 amide bonds. The van der Waals surface area contributed by atoms with E-state index in [-0.39, 0.29) is 12.1 Å². The van der Waals surface area contributed by atoms with Gasteiger partial charge >= 0.3 is 6.03 Å². The van der Waals surface area contributed by atoms with Gasteiger partial charge in [-0.15, -0.1) is 0 Å². The van der Waals surface area contributed by atoms with Crippen LogP contribution >= 0.6 is 11.6 Å². The predicted molar refractivity (Wildman–Crippen MR) is 73.8 cm³/mol. The van der Waals surface area contributed by atoms with E-state index in [1.165, 1.54) is 0 Å². The average molecular weight is 268 g/mol. The molecule has 0 saturated carbocycles. The lowest BCUT2D eigenvalue weighted by Crippen LogP contribution is -2.35. The number of nitrogens with one attached hydrogen (secondary N) is 1. The van der Waals surface area contributed by atoms with Crippen LogP contribution in [0.4, 0.5) is 10.5 Å². The summed E-state index contributed by atoms with van der Waals surface area (Å²) in [5.41, 5.74) is 6.58. The first-order valence-corrected chi connectivity index (χ1v) is 6.51. The van der Waals surface area contributed by atoms with Gasteiger partial charge in [0.2, 0.25) is 0 Å². The van der Waals surface area contributed by atoms with Crippen LogP contribution in [0.3, 0.4) is 0 Å². The number of nitrogens with zero attached hydrogens (tertiary/aromatic N) is 1. The smallest absolute Gasteiger partial charge is 0.321 e. The number of carbonyl (C=O) groups is 1. The molecule has 0 spiro atoms. The molecular weight excluding hydrogens is 250 g/mol. The Labute approximate surface area is 112 Å². The number of amides is 2. The molecule has 0 aliphatic carbocycles. The molecule has 1 fully saturated rings. The minimum atomic E-state index is -0.0829. The van der Waals surface area contributed by atoms with Gasteiger partial charge in [0.25, 0.3) is 0 Å². The van der Waals surface area contributed by atoms with E-state index >= 15 is 0 Å². The molecule has 98 valence electrons. The molecular formula is C13H18ClN3O. The number of rotatable bonds is 2. The van der Waals surface area contributed by atoms with Crippen LogP contribution < -0.4 is 11.1 Å². The van der Waals surface area contributed by atoms with E-state index in [1.54, 1.807) is 17.0 Å². The predicted octanol–water partition coefficient (Wildman–Crippen LogP) is 2.54. The Kier molecular flexibility index (Phi) is 4.09. The SMILES string of the molecule is CC(N)C1CCN(C(=O)Nc2cccc(Cl)c2)C1. The van der Waals surface area contributed by atoms with Crippen molar-refractivity contribution in [1.29, 1.82) is 0 Å². The van der Waals surface area contributed by atoms with Gasteiger partial charge in [0.15, 0.2) is 0 Å². The van der Waals surface area contributed by atoms with Crippen LogP contribution in [-0.2, 0) is 0 Å². The maximum Gasteiger partial charge on any atom is 0.321 e. The second kappa shape index (κ2) is 5.59. The van der Waals surface area contributed by atoms with Crippen molar-refractivity contribution in [2.24, 2.45) is 11.7 Å². The third-order valence-corrected chi connectivity index (χ3v) is 3.57. The number of hydrogen-bond donors (Lipinski definition) is 2. The molecule has 5 heteroatoms. The third-order valence-electron chi connectivity index (χ3n) is 3.33. The van der Waals surface area contributed by atoms with Crippen LogP contribution in [-0.4, -0.2) is 30.1 Å². The first-order valence-electron chi connectivity index (χ1n) is 6.13. The zero-order chi connectivity index (χ0) is 13.1. The van der Waals surface area contributed by atoms with E-state index in [4.69, 9.17) is 17.3 Å². The van der Waals surface area contributed by atoms with Gasteiger partial charge in [-0.3, -0.25) is 0 Å². The number of halogens is 1. The summed E-state index contributed by atoms with van der Waals surface area (Å²) in [6.45, 7) is 3.48. The topological polar surface area (TPSA) is 58.4 Å². The van der Waals surface area contributed by atoms with Crippen LogP contribution in [0.15, 0.2) is 24.3 Å². The zero-order valence-corrected chi connectivity index (χ0v) is 11.2. The summed E-state index contributed by atoms with van der Waals surface area (Å²) < 4.78 is 0. The number of carbonyl (C=O) groups excluding carboxylic acids is 1. The second-order valence-electron chi connectivity index (χ2n) is 4.79. The van der Waals surface area contributed by atoms with Crippen LogP contribution in [0.2, 0.25) is 5.02 Å². The fourth-order valence-corrected chi connectivity index (χ4v) is 2.36. The van der Waals surface area contributed by atoms with Gasteiger partial charge < -0.3 is 16.0 Å². The van der Waals surface area contributed by atoms with Crippen LogP contribution in [0.1, 0.15) is 13.3 Å². The molecule has 0 bridgehead atoms. The monoisotopic (exact) mass is 267 g/mol. The summed E-state index contributed by atoms with van der Waals surface area (Å²) in [7, 11) is 0. The first kappa shape index (κ1) is 13.2.